The molecule has 0 atom stereocenters. The quantitative estimate of drug-likeness (QED) is 0.219. The van der Waals surface area contributed by atoms with E-state index in [0.29, 0.717) is 0 Å². The van der Waals surface area contributed by atoms with E-state index in [2.05, 4.69) is 0 Å². The Labute approximate surface area is 38.4 Å². The molecule has 7 heteroatoms. The van der Waals surface area contributed by atoms with Crippen LogP contribution in [0.15, 0.2) is 0 Å². The standard InChI is InChI=1S/H3NO3.H3NO2/c2-1(3)4;2-1-3/h2-4H;1-3H. The molecular formula is H6N2O5. The third kappa shape index (κ3) is 1010. The molecule has 0 heterocycles. The monoisotopic (exact) mass is 114 g/mol. The predicted octanol–water partition coefficient (Wildman–Crippen LogP) is -1.19. The molecule has 46 valence electrons. The normalized spacial score (nSPS) is 7.71. The molecule has 0 saturated carbocycles. The van der Waals surface area contributed by atoms with Gasteiger partial charge in [0, 0.05) is 0 Å². The maximum absolute atomic E-state index is 7.00. The molecule has 0 bridgehead atoms. The van der Waals surface area contributed by atoms with Crippen LogP contribution in [0.4, 0.5) is 0 Å². The van der Waals surface area contributed by atoms with E-state index in [1.165, 1.54) is 0 Å². The first-order valence-corrected chi connectivity index (χ1v) is 1.05. The van der Waals surface area contributed by atoms with E-state index in [9.17, 15) is 0 Å². The summed E-state index contributed by atoms with van der Waals surface area (Å²) >= 11 is 0. The van der Waals surface area contributed by atoms with Crippen LogP contribution in [0, 0.1) is 0 Å². The fourth-order valence-corrected chi connectivity index (χ4v) is 0. The third-order valence-corrected chi connectivity index (χ3v) is 0. The number of hydrogen-bond donors (Lipinski definition) is 6. The summed E-state index contributed by atoms with van der Waals surface area (Å²) in [7, 11) is 0. The molecule has 0 aromatic rings. The van der Waals surface area contributed by atoms with E-state index in [0.717, 1.165) is 5.64 Å². The smallest absolute Gasteiger partial charge is 0.0685 e. The lowest BCUT2D eigenvalue weighted by Crippen LogP contribution is -2.04. The van der Waals surface area contributed by atoms with Crippen LogP contribution >= 0.6 is 0 Å². The van der Waals surface area contributed by atoms with Crippen LogP contribution in [0.25, 0.3) is 0 Å². The van der Waals surface area contributed by atoms with Crippen molar-refractivity contribution in [1.29, 1.82) is 0 Å². The molecule has 0 aliphatic heterocycles. The molecule has 0 unspecified atom stereocenters. The number of rotatable bonds is 0. The van der Waals surface area contributed by atoms with E-state index in [1.807, 2.05) is 0 Å². The highest BCUT2D eigenvalue weighted by Crippen LogP contribution is 1.43. The van der Waals surface area contributed by atoms with Crippen molar-refractivity contribution < 1.29 is 26.0 Å². The minimum absolute atomic E-state index is 0.750. The highest BCUT2D eigenvalue weighted by Gasteiger charge is 1.64. The molecule has 0 spiro atoms. The molecule has 0 aliphatic carbocycles. The van der Waals surface area contributed by atoms with Crippen LogP contribution in [-0.2, 0) is 0 Å². The fourth-order valence-electron chi connectivity index (χ4n) is 0. The summed E-state index contributed by atoms with van der Waals surface area (Å²) in [6, 6.07) is 0. The van der Waals surface area contributed by atoms with Crippen LogP contribution in [0.3, 0.4) is 0 Å². The topological polar surface area (TPSA) is 116 Å². The maximum atomic E-state index is 7.00. The molecule has 0 amide bonds. The first-order chi connectivity index (χ1) is 3.15. The van der Waals surface area contributed by atoms with Crippen molar-refractivity contribution in [2.24, 2.45) is 0 Å². The van der Waals surface area contributed by atoms with Gasteiger partial charge in [-0.2, -0.15) is 0 Å². The molecule has 0 fully saturated rings. The van der Waals surface area contributed by atoms with Gasteiger partial charge in [0.15, 0.2) is 0 Å². The molecule has 7 heavy (non-hydrogen) atoms. The Morgan fingerprint density at radius 2 is 1.00 bits per heavy atom. The van der Waals surface area contributed by atoms with Crippen LogP contribution < -0.4 is 5.64 Å². The van der Waals surface area contributed by atoms with Gasteiger partial charge in [0.2, 0.25) is 0 Å². The number of hydrogen-bond acceptors (Lipinski definition) is 7. The van der Waals surface area contributed by atoms with Gasteiger partial charge in [-0.1, -0.05) is 5.64 Å². The Morgan fingerprint density at radius 3 is 1.00 bits per heavy atom. The van der Waals surface area contributed by atoms with E-state index >= 15 is 0 Å². The second-order valence-corrected chi connectivity index (χ2v) is 0.368. The second-order valence-electron chi connectivity index (χ2n) is 0.368. The summed E-state index contributed by atoms with van der Waals surface area (Å²) in [5.41, 5.74) is 0.750. The summed E-state index contributed by atoms with van der Waals surface area (Å²) in [5.74, 6) is 0. The molecule has 6 N–H and O–H groups in total. The first kappa shape index (κ1) is 9.87. The molecular weight excluding hydrogens is 108 g/mol. The fraction of sp³-hybridized carbons (Fsp3) is 0. The Balaban J connectivity index is 0. The van der Waals surface area contributed by atoms with Gasteiger partial charge in [-0.15, -0.1) is 0 Å². The van der Waals surface area contributed by atoms with Crippen LogP contribution in [0.1, 0.15) is 0 Å². The Bertz CT molecular complexity index is 17.3. The first-order valence-electron chi connectivity index (χ1n) is 1.05. The zero-order valence-electron chi connectivity index (χ0n) is 3.18. The van der Waals surface area contributed by atoms with Crippen molar-refractivity contribution in [2.45, 2.75) is 0 Å². The predicted molar refractivity (Wildman–Crippen MR) is 13.9 cm³/mol. The van der Waals surface area contributed by atoms with E-state index in [4.69, 9.17) is 26.0 Å². The zero-order valence-corrected chi connectivity index (χ0v) is 3.18. The largest absolute Gasteiger partial charge is 0.292 e. The van der Waals surface area contributed by atoms with Gasteiger partial charge in [-0.3, -0.25) is 26.0 Å². The highest BCUT2D eigenvalue weighted by atomic mass is 17.0. The van der Waals surface area contributed by atoms with Gasteiger partial charge in [0.05, 0.1) is 5.39 Å². The minimum atomic E-state index is -1.00. The summed E-state index contributed by atoms with van der Waals surface area (Å²) in [4.78, 5) is 0. The van der Waals surface area contributed by atoms with Crippen molar-refractivity contribution >= 4 is 0 Å². The minimum Gasteiger partial charge on any atom is -0.292 e. The second kappa shape index (κ2) is 9.21. The van der Waals surface area contributed by atoms with Crippen molar-refractivity contribution in [3.05, 3.63) is 0 Å². The Hall–Kier alpha value is -0.280. The summed E-state index contributed by atoms with van der Waals surface area (Å²) in [6.07, 6.45) is 0. The van der Waals surface area contributed by atoms with Crippen LogP contribution in [-0.4, -0.2) is 31.4 Å². The van der Waals surface area contributed by atoms with E-state index < -0.39 is 5.39 Å². The molecule has 0 rings (SSSR count). The Kier molecular flexibility index (Phi) is 13.0. The van der Waals surface area contributed by atoms with Crippen molar-refractivity contribution in [3.63, 3.8) is 0 Å². The van der Waals surface area contributed by atoms with Gasteiger partial charge in [-0.25, -0.2) is 0 Å². The average molecular weight is 114 g/mol. The molecule has 7 nitrogen and oxygen atoms in total. The van der Waals surface area contributed by atoms with Gasteiger partial charge in [0.25, 0.3) is 0 Å². The summed E-state index contributed by atoms with van der Waals surface area (Å²) in [6.45, 7) is 0. The Morgan fingerprint density at radius 1 is 1.00 bits per heavy atom. The van der Waals surface area contributed by atoms with Gasteiger partial charge in [-0.05, 0) is 0 Å². The maximum Gasteiger partial charge on any atom is 0.0685 e. The van der Waals surface area contributed by atoms with Crippen molar-refractivity contribution in [3.8, 4) is 0 Å². The van der Waals surface area contributed by atoms with Gasteiger partial charge < -0.3 is 0 Å². The lowest BCUT2D eigenvalue weighted by molar-refractivity contribution is -0.472. The number of nitrogens with one attached hydrogen (secondary N) is 1. The van der Waals surface area contributed by atoms with Gasteiger partial charge in [0.1, 0.15) is 0 Å². The summed E-state index contributed by atoms with van der Waals surface area (Å²) < 4.78 is 0. The zero-order chi connectivity index (χ0) is 6.28. The summed E-state index contributed by atoms with van der Waals surface area (Å²) in [5, 5.41) is 33.8. The lowest BCUT2D eigenvalue weighted by atomic mass is 13.0. The lowest BCUT2D eigenvalue weighted by Gasteiger charge is -1.84. The SMILES string of the molecule is ON(O)O.ONO. The van der Waals surface area contributed by atoms with Gasteiger partial charge >= 0.3 is 0 Å². The molecule has 0 aromatic heterocycles. The van der Waals surface area contributed by atoms with Crippen molar-refractivity contribution in [2.75, 3.05) is 0 Å². The molecule has 0 aromatic carbocycles. The van der Waals surface area contributed by atoms with Crippen LogP contribution in [0.2, 0.25) is 0 Å². The molecule has 0 aliphatic rings. The molecule has 0 radical (unpaired) electrons. The van der Waals surface area contributed by atoms with E-state index in [-0.39, 0.29) is 0 Å². The van der Waals surface area contributed by atoms with Crippen molar-refractivity contribution in [1.82, 2.24) is 11.0 Å². The average Bonchev–Trinajstić information content (AvgIpc) is 1.33. The van der Waals surface area contributed by atoms with Crippen LogP contribution in [0.5, 0.6) is 0 Å². The number of nitrogens with zero attached hydrogens (tertiary/aromatic N) is 1. The highest BCUT2D eigenvalue weighted by molar-refractivity contribution is 3.14. The third-order valence-electron chi connectivity index (χ3n) is 0. The molecule has 0 saturated heterocycles. The van der Waals surface area contributed by atoms with E-state index in [1.54, 1.807) is 0 Å².